The summed E-state index contributed by atoms with van der Waals surface area (Å²) in [6.45, 7) is 0. The second kappa shape index (κ2) is 3.49. The van der Waals surface area contributed by atoms with Crippen LogP contribution in [0, 0.1) is 0 Å². The van der Waals surface area contributed by atoms with Crippen LogP contribution in [-0.4, -0.2) is 24.2 Å². The maximum absolute atomic E-state index is 10.3. The minimum Gasteiger partial charge on any atom is -0.477 e. The molecule has 0 spiro atoms. The molecule has 0 amide bonds. The molecule has 0 aliphatic carbocycles. The molecule has 0 aromatic rings. The highest BCUT2D eigenvalue weighted by Gasteiger charge is 2.03. The smallest absolute Gasteiger partial charge is 0.352 e. The van der Waals surface area contributed by atoms with E-state index in [1.165, 1.54) is 0 Å². The van der Waals surface area contributed by atoms with Gasteiger partial charge >= 0.3 is 11.9 Å². The quantitative estimate of drug-likeness (QED) is 0.387. The molecule has 0 rings (SSSR count). The fraction of sp³-hybridized carbons (Fsp3) is 0.200. The van der Waals surface area contributed by atoms with E-state index in [-0.39, 0.29) is 0 Å². The second-order valence-corrected chi connectivity index (χ2v) is 1.43. The SMILES string of the molecule is COC(=O)/C=C(/N)C(=O)O. The Bertz CT molecular complexity index is 184. The Morgan fingerprint density at radius 1 is 1.60 bits per heavy atom. The van der Waals surface area contributed by atoms with Gasteiger partial charge in [-0.15, -0.1) is 0 Å². The summed E-state index contributed by atoms with van der Waals surface area (Å²) in [6.07, 6.45) is 0.697. The van der Waals surface area contributed by atoms with Gasteiger partial charge in [-0.3, -0.25) is 0 Å². The van der Waals surface area contributed by atoms with Crippen LogP contribution in [-0.2, 0) is 14.3 Å². The topological polar surface area (TPSA) is 89.6 Å². The van der Waals surface area contributed by atoms with Gasteiger partial charge in [0, 0.05) is 0 Å². The van der Waals surface area contributed by atoms with E-state index in [4.69, 9.17) is 10.8 Å². The molecular formula is C5H7NO4. The maximum Gasteiger partial charge on any atom is 0.352 e. The summed E-state index contributed by atoms with van der Waals surface area (Å²) in [5, 5.41) is 8.13. The molecular weight excluding hydrogens is 138 g/mol. The average molecular weight is 145 g/mol. The lowest BCUT2D eigenvalue weighted by Gasteiger charge is -1.91. The lowest BCUT2D eigenvalue weighted by molar-refractivity contribution is -0.136. The largest absolute Gasteiger partial charge is 0.477 e. The molecule has 0 saturated carbocycles. The van der Waals surface area contributed by atoms with Gasteiger partial charge < -0.3 is 15.6 Å². The van der Waals surface area contributed by atoms with Crippen molar-refractivity contribution in [2.45, 2.75) is 0 Å². The number of hydrogen-bond acceptors (Lipinski definition) is 4. The fourth-order valence-electron chi connectivity index (χ4n) is 0.248. The van der Waals surface area contributed by atoms with Crippen LogP contribution in [0.3, 0.4) is 0 Å². The van der Waals surface area contributed by atoms with Crippen LogP contribution in [0.15, 0.2) is 11.8 Å². The lowest BCUT2D eigenvalue weighted by atomic mass is 10.4. The van der Waals surface area contributed by atoms with Crippen molar-refractivity contribution in [3.05, 3.63) is 11.8 Å². The Morgan fingerprint density at radius 3 is 2.40 bits per heavy atom. The summed E-state index contributed by atoms with van der Waals surface area (Å²) >= 11 is 0. The second-order valence-electron chi connectivity index (χ2n) is 1.43. The van der Waals surface area contributed by atoms with Crippen molar-refractivity contribution in [1.82, 2.24) is 0 Å². The van der Waals surface area contributed by atoms with Crippen LogP contribution in [0.2, 0.25) is 0 Å². The zero-order chi connectivity index (χ0) is 8.15. The van der Waals surface area contributed by atoms with Gasteiger partial charge in [-0.2, -0.15) is 0 Å². The van der Waals surface area contributed by atoms with Crippen molar-refractivity contribution in [3.63, 3.8) is 0 Å². The van der Waals surface area contributed by atoms with Gasteiger partial charge in [-0.25, -0.2) is 9.59 Å². The van der Waals surface area contributed by atoms with E-state index in [0.29, 0.717) is 6.08 Å². The van der Waals surface area contributed by atoms with Gasteiger partial charge in [-0.1, -0.05) is 0 Å². The van der Waals surface area contributed by atoms with E-state index in [1.807, 2.05) is 0 Å². The molecule has 10 heavy (non-hydrogen) atoms. The minimum absolute atomic E-state index is 0.535. The number of methoxy groups -OCH3 is 1. The maximum atomic E-state index is 10.3. The Kier molecular flexibility index (Phi) is 2.96. The van der Waals surface area contributed by atoms with Crippen LogP contribution in [0.5, 0.6) is 0 Å². The van der Waals surface area contributed by atoms with Crippen LogP contribution in [0.25, 0.3) is 0 Å². The van der Waals surface area contributed by atoms with Crippen LogP contribution in [0.1, 0.15) is 0 Å². The number of carbonyl (C=O) groups is 2. The molecule has 5 heteroatoms. The summed E-state index contributed by atoms with van der Waals surface area (Å²) in [5.74, 6) is -2.12. The standard InChI is InChI=1S/C5H7NO4/c1-10-4(7)2-3(6)5(8)9/h2H,6H2,1H3,(H,8,9)/b3-2+. The Balaban J connectivity index is 4.16. The molecule has 0 unspecified atom stereocenters. The zero-order valence-corrected chi connectivity index (χ0v) is 5.33. The van der Waals surface area contributed by atoms with Crippen molar-refractivity contribution < 1.29 is 19.4 Å². The first-order valence-electron chi connectivity index (χ1n) is 2.36. The molecule has 5 nitrogen and oxygen atoms in total. The van der Waals surface area contributed by atoms with Crippen LogP contribution >= 0.6 is 0 Å². The van der Waals surface area contributed by atoms with E-state index in [1.54, 1.807) is 0 Å². The first kappa shape index (κ1) is 8.48. The third kappa shape index (κ3) is 2.71. The molecule has 0 aliphatic heterocycles. The number of nitrogens with two attached hydrogens (primary N) is 1. The van der Waals surface area contributed by atoms with Gasteiger partial charge in [0.2, 0.25) is 0 Å². The third-order valence-corrected chi connectivity index (χ3v) is 0.721. The third-order valence-electron chi connectivity index (χ3n) is 0.721. The van der Waals surface area contributed by atoms with Gasteiger partial charge in [-0.05, 0) is 0 Å². The van der Waals surface area contributed by atoms with E-state index >= 15 is 0 Å². The van der Waals surface area contributed by atoms with Crippen molar-refractivity contribution in [1.29, 1.82) is 0 Å². The van der Waals surface area contributed by atoms with Gasteiger partial charge in [0.1, 0.15) is 5.70 Å². The molecule has 3 N–H and O–H groups in total. The Hall–Kier alpha value is -1.52. The summed E-state index contributed by atoms with van der Waals surface area (Å²) in [5.41, 5.74) is 4.32. The van der Waals surface area contributed by atoms with E-state index in [9.17, 15) is 9.59 Å². The number of rotatable bonds is 2. The number of esters is 1. The average Bonchev–Trinajstić information content (AvgIpc) is 1.87. The van der Waals surface area contributed by atoms with Crippen LogP contribution < -0.4 is 5.73 Å². The van der Waals surface area contributed by atoms with Crippen molar-refractivity contribution in [3.8, 4) is 0 Å². The van der Waals surface area contributed by atoms with Gasteiger partial charge in [0.15, 0.2) is 0 Å². The molecule has 0 saturated heterocycles. The van der Waals surface area contributed by atoms with Crippen molar-refractivity contribution in [2.24, 2.45) is 5.73 Å². The highest BCUT2D eigenvalue weighted by molar-refractivity contribution is 5.94. The summed E-state index contributed by atoms with van der Waals surface area (Å²) in [7, 11) is 1.13. The number of ether oxygens (including phenoxy) is 1. The van der Waals surface area contributed by atoms with Crippen LogP contribution in [0.4, 0.5) is 0 Å². The summed E-state index contributed by atoms with van der Waals surface area (Å²) in [4.78, 5) is 20.2. The first-order valence-corrected chi connectivity index (χ1v) is 2.36. The van der Waals surface area contributed by atoms with E-state index in [0.717, 1.165) is 7.11 Å². The van der Waals surface area contributed by atoms with Crippen molar-refractivity contribution in [2.75, 3.05) is 7.11 Å². The number of carboxylic acid groups (broad SMARTS) is 1. The first-order chi connectivity index (χ1) is 4.57. The minimum atomic E-state index is -1.34. The van der Waals surface area contributed by atoms with E-state index in [2.05, 4.69) is 4.74 Å². The predicted octanol–water partition coefficient (Wildman–Crippen LogP) is -0.913. The zero-order valence-electron chi connectivity index (χ0n) is 5.33. The highest BCUT2D eigenvalue weighted by atomic mass is 16.5. The Labute approximate surface area is 57.1 Å². The molecule has 56 valence electrons. The van der Waals surface area contributed by atoms with Gasteiger partial charge in [0.25, 0.3) is 0 Å². The molecule has 0 atom stereocenters. The Morgan fingerprint density at radius 2 is 2.10 bits per heavy atom. The molecule has 0 radical (unpaired) electrons. The molecule has 0 bridgehead atoms. The molecule has 0 heterocycles. The normalized spacial score (nSPS) is 10.7. The van der Waals surface area contributed by atoms with E-state index < -0.39 is 17.6 Å². The number of aliphatic carboxylic acids is 1. The highest BCUT2D eigenvalue weighted by Crippen LogP contribution is 1.84. The number of carboxylic acids is 1. The molecule has 0 aromatic heterocycles. The summed E-state index contributed by atoms with van der Waals surface area (Å²) in [6, 6.07) is 0. The summed E-state index contributed by atoms with van der Waals surface area (Å²) < 4.78 is 4.11. The molecule has 0 fully saturated rings. The number of hydrogen-bond donors (Lipinski definition) is 2. The molecule has 0 aliphatic rings. The number of carbonyl (C=O) groups excluding carboxylic acids is 1. The molecule has 0 aromatic carbocycles. The fourth-order valence-corrected chi connectivity index (χ4v) is 0.248. The van der Waals surface area contributed by atoms with Gasteiger partial charge in [0.05, 0.1) is 13.2 Å². The lowest BCUT2D eigenvalue weighted by Crippen LogP contribution is -2.12. The predicted molar refractivity (Wildman–Crippen MR) is 31.9 cm³/mol. The van der Waals surface area contributed by atoms with Crippen molar-refractivity contribution >= 4 is 11.9 Å². The monoisotopic (exact) mass is 145 g/mol.